The van der Waals surface area contributed by atoms with Crippen LogP contribution in [0, 0.1) is 0 Å². The average Bonchev–Trinajstić information content (AvgIpc) is 2.63. The van der Waals surface area contributed by atoms with Crippen molar-refractivity contribution in [3.8, 4) is 0 Å². The third kappa shape index (κ3) is 3.93. The van der Waals surface area contributed by atoms with Gasteiger partial charge < -0.3 is 15.0 Å². The number of piperidine rings is 1. The van der Waals surface area contributed by atoms with Crippen molar-refractivity contribution in [1.29, 1.82) is 0 Å². The maximum atomic E-state index is 12.4. The van der Waals surface area contributed by atoms with E-state index in [1.807, 2.05) is 11.8 Å². The molecule has 0 saturated carbocycles. The molecule has 0 aliphatic carbocycles. The molecule has 6 heteroatoms. The van der Waals surface area contributed by atoms with Crippen LogP contribution in [-0.2, 0) is 9.53 Å². The second-order valence-electron chi connectivity index (χ2n) is 5.97. The molecule has 5 nitrogen and oxygen atoms in total. The predicted octanol–water partition coefficient (Wildman–Crippen LogP) is 3.25. The topological polar surface area (TPSA) is 58.6 Å². The zero-order valence-corrected chi connectivity index (χ0v) is 14.7. The van der Waals surface area contributed by atoms with E-state index < -0.39 is 0 Å². The first-order valence-electron chi connectivity index (χ1n) is 8.32. The molecule has 3 rings (SSSR count). The molecule has 1 aromatic carbocycles. The summed E-state index contributed by atoms with van der Waals surface area (Å²) in [6.45, 7) is 4.12. The van der Waals surface area contributed by atoms with E-state index in [1.54, 1.807) is 24.3 Å². The van der Waals surface area contributed by atoms with Crippen LogP contribution in [0.2, 0.25) is 0 Å². The maximum Gasteiger partial charge on any atom is 0.265 e. The number of thioether (sulfide) groups is 1. The van der Waals surface area contributed by atoms with Crippen LogP contribution in [0.25, 0.3) is 0 Å². The number of nitrogens with zero attached hydrogens (tertiary/aromatic N) is 1. The van der Waals surface area contributed by atoms with Crippen molar-refractivity contribution in [1.82, 2.24) is 4.90 Å². The van der Waals surface area contributed by atoms with E-state index in [2.05, 4.69) is 5.32 Å². The Morgan fingerprint density at radius 2 is 1.83 bits per heavy atom. The summed E-state index contributed by atoms with van der Waals surface area (Å²) in [7, 11) is 0. The quantitative estimate of drug-likeness (QED) is 0.913. The number of benzene rings is 1. The van der Waals surface area contributed by atoms with Crippen LogP contribution in [0.5, 0.6) is 0 Å². The molecule has 2 aliphatic rings. The maximum absolute atomic E-state index is 12.4. The molecule has 0 aromatic heterocycles. The van der Waals surface area contributed by atoms with Crippen LogP contribution in [0.15, 0.2) is 34.9 Å². The molecule has 0 bridgehead atoms. The Morgan fingerprint density at radius 3 is 2.50 bits per heavy atom. The van der Waals surface area contributed by atoms with E-state index in [9.17, 15) is 9.59 Å². The minimum atomic E-state index is -0.160. The number of ether oxygens (including phenoxy) is 1. The smallest absolute Gasteiger partial charge is 0.265 e. The Balaban J connectivity index is 1.64. The van der Waals surface area contributed by atoms with E-state index in [4.69, 9.17) is 4.74 Å². The fourth-order valence-electron chi connectivity index (χ4n) is 2.89. The SMILES string of the molecule is CC1=C(C(=O)Nc2ccc(C(=O)N3CCCCC3)cc2)SCCO1. The molecule has 0 radical (unpaired) electrons. The largest absolute Gasteiger partial charge is 0.496 e. The van der Waals surface area contributed by atoms with Crippen molar-refractivity contribution in [2.45, 2.75) is 26.2 Å². The summed E-state index contributed by atoms with van der Waals surface area (Å²) in [5.74, 6) is 1.36. The van der Waals surface area contributed by atoms with Gasteiger partial charge in [0.25, 0.3) is 11.8 Å². The fraction of sp³-hybridized carbons (Fsp3) is 0.444. The van der Waals surface area contributed by atoms with Crippen LogP contribution < -0.4 is 5.32 Å². The van der Waals surface area contributed by atoms with Crippen molar-refractivity contribution in [3.05, 3.63) is 40.5 Å². The number of likely N-dealkylation sites (tertiary alicyclic amines) is 1. The molecule has 1 saturated heterocycles. The van der Waals surface area contributed by atoms with Gasteiger partial charge in [-0.15, -0.1) is 11.8 Å². The number of amides is 2. The van der Waals surface area contributed by atoms with Gasteiger partial charge in [-0.05, 0) is 50.5 Å². The third-order valence-electron chi connectivity index (χ3n) is 4.21. The molecule has 2 aliphatic heterocycles. The van der Waals surface area contributed by atoms with Crippen LogP contribution >= 0.6 is 11.8 Å². The number of carbonyl (C=O) groups is 2. The molecule has 1 N–H and O–H groups in total. The first-order valence-corrected chi connectivity index (χ1v) is 9.31. The molecule has 2 amide bonds. The Morgan fingerprint density at radius 1 is 1.12 bits per heavy atom. The minimum Gasteiger partial charge on any atom is -0.496 e. The number of carbonyl (C=O) groups excluding carboxylic acids is 2. The fourth-order valence-corrected chi connectivity index (χ4v) is 3.71. The van der Waals surface area contributed by atoms with Gasteiger partial charge in [0.2, 0.25) is 0 Å². The number of allylic oxidation sites excluding steroid dienone is 1. The van der Waals surface area contributed by atoms with E-state index in [-0.39, 0.29) is 11.8 Å². The van der Waals surface area contributed by atoms with Crippen molar-refractivity contribution >= 4 is 29.3 Å². The Kier molecular flexibility index (Phi) is 5.45. The summed E-state index contributed by atoms with van der Waals surface area (Å²) in [6.07, 6.45) is 3.36. The highest BCUT2D eigenvalue weighted by Gasteiger charge is 2.20. The van der Waals surface area contributed by atoms with Crippen molar-refractivity contribution in [3.63, 3.8) is 0 Å². The third-order valence-corrected chi connectivity index (χ3v) is 5.34. The molecule has 1 fully saturated rings. The van der Waals surface area contributed by atoms with E-state index in [0.717, 1.165) is 31.7 Å². The van der Waals surface area contributed by atoms with Gasteiger partial charge in [0.05, 0.1) is 6.61 Å². The molecule has 0 unspecified atom stereocenters. The first kappa shape index (κ1) is 16.9. The molecular weight excluding hydrogens is 324 g/mol. The van der Waals surface area contributed by atoms with Gasteiger partial charge in [-0.25, -0.2) is 0 Å². The number of hydrogen-bond acceptors (Lipinski definition) is 4. The van der Waals surface area contributed by atoms with Gasteiger partial charge in [0.1, 0.15) is 10.7 Å². The summed E-state index contributed by atoms with van der Waals surface area (Å²) >= 11 is 1.51. The van der Waals surface area contributed by atoms with Crippen LogP contribution in [0.4, 0.5) is 5.69 Å². The van der Waals surface area contributed by atoms with Crippen molar-refractivity contribution in [2.75, 3.05) is 30.8 Å². The number of rotatable bonds is 3. The predicted molar refractivity (Wildman–Crippen MR) is 95.9 cm³/mol. The van der Waals surface area contributed by atoms with E-state index in [0.29, 0.717) is 28.5 Å². The highest BCUT2D eigenvalue weighted by atomic mass is 32.2. The van der Waals surface area contributed by atoms with Crippen LogP contribution in [0.1, 0.15) is 36.5 Å². The Hall–Kier alpha value is -1.95. The zero-order chi connectivity index (χ0) is 16.9. The lowest BCUT2D eigenvalue weighted by molar-refractivity contribution is -0.112. The highest BCUT2D eigenvalue weighted by Crippen LogP contribution is 2.26. The molecule has 0 spiro atoms. The van der Waals surface area contributed by atoms with Crippen molar-refractivity contribution < 1.29 is 14.3 Å². The summed E-state index contributed by atoms with van der Waals surface area (Å²) in [4.78, 5) is 27.3. The first-order chi connectivity index (χ1) is 11.6. The van der Waals surface area contributed by atoms with Crippen LogP contribution in [0.3, 0.4) is 0 Å². The lowest BCUT2D eigenvalue weighted by Crippen LogP contribution is -2.35. The Labute approximate surface area is 146 Å². The monoisotopic (exact) mass is 346 g/mol. The Bertz CT molecular complexity index is 649. The standard InChI is InChI=1S/C18H22N2O3S/c1-13-16(24-12-11-23-13)17(21)19-15-7-5-14(6-8-15)18(22)20-9-3-2-4-10-20/h5-8H,2-4,9-12H2,1H3,(H,19,21). The van der Waals surface area contributed by atoms with E-state index in [1.165, 1.54) is 18.2 Å². The lowest BCUT2D eigenvalue weighted by atomic mass is 10.1. The van der Waals surface area contributed by atoms with Gasteiger partial charge in [0.15, 0.2) is 0 Å². The number of anilines is 1. The normalized spacial score (nSPS) is 18.1. The average molecular weight is 346 g/mol. The summed E-state index contributed by atoms with van der Waals surface area (Å²) in [5, 5.41) is 2.87. The molecule has 1 aromatic rings. The second-order valence-corrected chi connectivity index (χ2v) is 7.07. The summed E-state index contributed by atoms with van der Waals surface area (Å²) in [5.41, 5.74) is 1.35. The van der Waals surface area contributed by atoms with E-state index >= 15 is 0 Å². The van der Waals surface area contributed by atoms with Crippen molar-refractivity contribution in [2.24, 2.45) is 0 Å². The van der Waals surface area contributed by atoms with Gasteiger partial charge in [0, 0.05) is 30.1 Å². The van der Waals surface area contributed by atoms with Gasteiger partial charge in [-0.1, -0.05) is 0 Å². The molecule has 128 valence electrons. The second kappa shape index (κ2) is 7.75. The molecular formula is C18H22N2O3S. The highest BCUT2D eigenvalue weighted by molar-refractivity contribution is 8.04. The molecule has 2 heterocycles. The van der Waals surface area contributed by atoms with Gasteiger partial charge in [-0.3, -0.25) is 9.59 Å². The number of nitrogens with one attached hydrogen (secondary N) is 1. The minimum absolute atomic E-state index is 0.0716. The van der Waals surface area contributed by atoms with Crippen LogP contribution in [-0.4, -0.2) is 42.2 Å². The number of hydrogen-bond donors (Lipinski definition) is 1. The summed E-state index contributed by atoms with van der Waals surface area (Å²) in [6, 6.07) is 7.11. The van der Waals surface area contributed by atoms with Gasteiger partial charge in [-0.2, -0.15) is 0 Å². The lowest BCUT2D eigenvalue weighted by Gasteiger charge is -2.26. The van der Waals surface area contributed by atoms with Gasteiger partial charge >= 0.3 is 0 Å². The molecule has 24 heavy (non-hydrogen) atoms. The summed E-state index contributed by atoms with van der Waals surface area (Å²) < 4.78 is 5.41. The molecule has 0 atom stereocenters. The zero-order valence-electron chi connectivity index (χ0n) is 13.8.